The SMILES string of the molecule is COc1ccc(Cl)cc1N(CC(=O)N1CCC(Cc2ccccc2)CC1)S(C)(=O)=O. The van der Waals surface area contributed by atoms with Crippen LogP contribution in [0.3, 0.4) is 0 Å². The first kappa shape index (κ1) is 22.4. The van der Waals surface area contributed by atoms with Gasteiger partial charge in [0.15, 0.2) is 0 Å². The van der Waals surface area contributed by atoms with Crippen molar-refractivity contribution in [3.05, 3.63) is 59.1 Å². The molecule has 1 aliphatic rings. The number of ether oxygens (including phenoxy) is 1. The number of benzene rings is 2. The predicted molar refractivity (Wildman–Crippen MR) is 120 cm³/mol. The smallest absolute Gasteiger partial charge is 0.243 e. The zero-order valence-corrected chi connectivity index (χ0v) is 18.8. The van der Waals surface area contributed by atoms with Crippen molar-refractivity contribution in [1.29, 1.82) is 0 Å². The van der Waals surface area contributed by atoms with E-state index in [1.807, 2.05) is 18.2 Å². The van der Waals surface area contributed by atoms with Crippen LogP contribution in [-0.4, -0.2) is 52.2 Å². The quantitative estimate of drug-likeness (QED) is 0.646. The molecule has 1 amide bonds. The summed E-state index contributed by atoms with van der Waals surface area (Å²) in [5, 5.41) is 0.369. The summed E-state index contributed by atoms with van der Waals surface area (Å²) in [6, 6.07) is 15.0. The van der Waals surface area contributed by atoms with Gasteiger partial charge in [0.2, 0.25) is 15.9 Å². The molecule has 162 valence electrons. The molecule has 0 saturated carbocycles. The van der Waals surface area contributed by atoms with Gasteiger partial charge in [-0.25, -0.2) is 8.42 Å². The van der Waals surface area contributed by atoms with Crippen LogP contribution in [0.2, 0.25) is 5.02 Å². The van der Waals surface area contributed by atoms with Gasteiger partial charge in [-0.2, -0.15) is 0 Å². The molecule has 0 spiro atoms. The number of likely N-dealkylation sites (tertiary alicyclic amines) is 1. The highest BCUT2D eigenvalue weighted by Gasteiger charge is 2.29. The topological polar surface area (TPSA) is 66.9 Å². The molecule has 1 saturated heterocycles. The zero-order valence-electron chi connectivity index (χ0n) is 17.3. The minimum absolute atomic E-state index is 0.222. The fourth-order valence-electron chi connectivity index (χ4n) is 3.80. The molecule has 0 unspecified atom stereocenters. The van der Waals surface area contributed by atoms with Crippen LogP contribution in [0.25, 0.3) is 0 Å². The van der Waals surface area contributed by atoms with Crippen LogP contribution in [0.4, 0.5) is 5.69 Å². The van der Waals surface area contributed by atoms with E-state index in [0.717, 1.165) is 29.8 Å². The van der Waals surface area contributed by atoms with Gasteiger partial charge >= 0.3 is 0 Å². The van der Waals surface area contributed by atoms with Crippen LogP contribution >= 0.6 is 11.6 Å². The molecule has 0 N–H and O–H groups in total. The van der Waals surface area contributed by atoms with Crippen molar-refractivity contribution < 1.29 is 17.9 Å². The first-order valence-corrected chi connectivity index (χ1v) is 12.1. The van der Waals surface area contributed by atoms with Crippen molar-refractivity contribution in [3.8, 4) is 5.75 Å². The van der Waals surface area contributed by atoms with Gasteiger partial charge in [0.1, 0.15) is 12.3 Å². The Morgan fingerprint density at radius 2 is 1.83 bits per heavy atom. The lowest BCUT2D eigenvalue weighted by Gasteiger charge is -2.34. The monoisotopic (exact) mass is 450 g/mol. The van der Waals surface area contributed by atoms with Gasteiger partial charge in [-0.05, 0) is 48.9 Å². The van der Waals surface area contributed by atoms with Crippen LogP contribution in [-0.2, 0) is 21.2 Å². The maximum atomic E-state index is 12.9. The van der Waals surface area contributed by atoms with Gasteiger partial charge in [0.25, 0.3) is 0 Å². The highest BCUT2D eigenvalue weighted by atomic mass is 35.5. The molecule has 0 bridgehead atoms. The Balaban J connectivity index is 1.67. The summed E-state index contributed by atoms with van der Waals surface area (Å²) in [4.78, 5) is 14.7. The molecule has 30 heavy (non-hydrogen) atoms. The van der Waals surface area contributed by atoms with Gasteiger partial charge in [-0.15, -0.1) is 0 Å². The van der Waals surface area contributed by atoms with Crippen molar-refractivity contribution in [1.82, 2.24) is 4.90 Å². The summed E-state index contributed by atoms with van der Waals surface area (Å²) in [5.74, 6) is 0.648. The largest absolute Gasteiger partial charge is 0.495 e. The maximum Gasteiger partial charge on any atom is 0.243 e. The summed E-state index contributed by atoms with van der Waals surface area (Å²) in [7, 11) is -2.25. The lowest BCUT2D eigenvalue weighted by Crippen LogP contribution is -2.46. The average Bonchev–Trinajstić information content (AvgIpc) is 2.72. The molecule has 0 aromatic heterocycles. The maximum absolute atomic E-state index is 12.9. The molecule has 2 aromatic rings. The third kappa shape index (κ3) is 5.67. The number of piperidine rings is 1. The molecule has 3 rings (SSSR count). The minimum Gasteiger partial charge on any atom is -0.495 e. The zero-order chi connectivity index (χ0) is 21.7. The van der Waals surface area contributed by atoms with E-state index >= 15 is 0 Å². The summed E-state index contributed by atoms with van der Waals surface area (Å²) in [6.07, 6.45) is 3.88. The summed E-state index contributed by atoms with van der Waals surface area (Å²) < 4.78 is 31.2. The van der Waals surface area contributed by atoms with Gasteiger partial charge in [-0.1, -0.05) is 41.9 Å². The second-order valence-electron chi connectivity index (χ2n) is 7.60. The van der Waals surface area contributed by atoms with E-state index in [1.54, 1.807) is 17.0 Å². The second-order valence-corrected chi connectivity index (χ2v) is 9.94. The van der Waals surface area contributed by atoms with Crippen LogP contribution < -0.4 is 9.04 Å². The number of carbonyl (C=O) groups is 1. The first-order valence-electron chi connectivity index (χ1n) is 9.91. The number of amides is 1. The Labute approximate surface area is 183 Å². The number of hydrogen-bond donors (Lipinski definition) is 0. The average molecular weight is 451 g/mol. The number of rotatable bonds is 7. The van der Waals surface area contributed by atoms with Crippen molar-refractivity contribution in [2.45, 2.75) is 19.3 Å². The van der Waals surface area contributed by atoms with Crippen molar-refractivity contribution >= 4 is 33.2 Å². The lowest BCUT2D eigenvalue weighted by molar-refractivity contribution is -0.130. The van der Waals surface area contributed by atoms with Gasteiger partial charge in [0, 0.05) is 18.1 Å². The Morgan fingerprint density at radius 3 is 2.43 bits per heavy atom. The summed E-state index contributed by atoms with van der Waals surface area (Å²) >= 11 is 6.06. The Morgan fingerprint density at radius 1 is 1.17 bits per heavy atom. The number of methoxy groups -OCH3 is 1. The highest BCUT2D eigenvalue weighted by Crippen LogP contribution is 2.33. The number of sulfonamides is 1. The Bertz CT molecular complexity index is 974. The van der Waals surface area contributed by atoms with Gasteiger partial charge in [-0.3, -0.25) is 9.10 Å². The van der Waals surface area contributed by atoms with E-state index in [4.69, 9.17) is 16.3 Å². The molecule has 8 heteroatoms. The molecular weight excluding hydrogens is 424 g/mol. The molecule has 2 aromatic carbocycles. The van der Waals surface area contributed by atoms with E-state index < -0.39 is 10.0 Å². The fourth-order valence-corrected chi connectivity index (χ4v) is 4.81. The predicted octanol–water partition coefficient (Wildman–Crippen LogP) is 3.60. The molecule has 0 radical (unpaired) electrons. The lowest BCUT2D eigenvalue weighted by atomic mass is 9.90. The molecule has 0 aliphatic carbocycles. The van der Waals surface area contributed by atoms with Gasteiger partial charge in [0.05, 0.1) is 19.1 Å². The number of carbonyl (C=O) groups excluding carboxylic acids is 1. The molecule has 1 heterocycles. The minimum atomic E-state index is -3.71. The van der Waals surface area contributed by atoms with E-state index in [0.29, 0.717) is 29.8 Å². The van der Waals surface area contributed by atoms with E-state index in [-0.39, 0.29) is 18.1 Å². The van der Waals surface area contributed by atoms with E-state index in [9.17, 15) is 13.2 Å². The van der Waals surface area contributed by atoms with Crippen molar-refractivity contribution in [3.63, 3.8) is 0 Å². The van der Waals surface area contributed by atoms with Crippen LogP contribution in [0.5, 0.6) is 5.75 Å². The summed E-state index contributed by atoms with van der Waals surface area (Å²) in [6.45, 7) is 0.972. The molecular formula is C22H27ClN2O4S. The number of nitrogens with zero attached hydrogens (tertiary/aromatic N) is 2. The van der Waals surface area contributed by atoms with Crippen LogP contribution in [0, 0.1) is 5.92 Å². The van der Waals surface area contributed by atoms with Crippen LogP contribution in [0.15, 0.2) is 48.5 Å². The third-order valence-electron chi connectivity index (χ3n) is 5.42. The fraction of sp³-hybridized carbons (Fsp3) is 0.409. The van der Waals surface area contributed by atoms with E-state index in [2.05, 4.69) is 12.1 Å². The van der Waals surface area contributed by atoms with Crippen LogP contribution in [0.1, 0.15) is 18.4 Å². The van der Waals surface area contributed by atoms with Gasteiger partial charge < -0.3 is 9.64 Å². The second kappa shape index (κ2) is 9.71. The Hall–Kier alpha value is -2.25. The standard InChI is InChI=1S/C22H27ClN2O4S/c1-29-21-9-8-19(23)15-20(21)25(30(2,27)28)16-22(26)24-12-10-18(11-13-24)14-17-6-4-3-5-7-17/h3-9,15,18H,10-14,16H2,1-2H3. The first-order chi connectivity index (χ1) is 14.3. The third-order valence-corrected chi connectivity index (χ3v) is 6.78. The Kier molecular flexibility index (Phi) is 7.26. The van der Waals surface area contributed by atoms with Crippen molar-refractivity contribution in [2.24, 2.45) is 5.92 Å². The molecule has 0 atom stereocenters. The number of hydrogen-bond acceptors (Lipinski definition) is 4. The number of halogens is 1. The van der Waals surface area contributed by atoms with Crippen molar-refractivity contribution in [2.75, 3.05) is 37.3 Å². The number of anilines is 1. The summed E-state index contributed by atoms with van der Waals surface area (Å²) in [5.41, 5.74) is 1.57. The molecule has 6 nitrogen and oxygen atoms in total. The molecule has 1 fully saturated rings. The molecule has 1 aliphatic heterocycles. The highest BCUT2D eigenvalue weighted by molar-refractivity contribution is 7.92. The van der Waals surface area contributed by atoms with E-state index in [1.165, 1.54) is 18.7 Å². The normalized spacial score (nSPS) is 15.1.